The first-order valence-electron chi connectivity index (χ1n) is 4.52. The summed E-state index contributed by atoms with van der Waals surface area (Å²) in [6.45, 7) is 0.988. The molecule has 0 amide bonds. The van der Waals surface area contributed by atoms with Crippen LogP contribution in [0, 0.1) is 0 Å². The van der Waals surface area contributed by atoms with Crippen molar-refractivity contribution in [1.29, 1.82) is 0 Å². The van der Waals surface area contributed by atoms with Gasteiger partial charge in [-0.15, -0.1) is 11.8 Å². The van der Waals surface area contributed by atoms with Gasteiger partial charge in [0.25, 0.3) is 0 Å². The van der Waals surface area contributed by atoms with Crippen molar-refractivity contribution in [2.45, 2.75) is 4.90 Å². The first kappa shape index (κ1) is 13.0. The topological polar surface area (TPSA) is 29.3 Å². The van der Waals surface area contributed by atoms with Gasteiger partial charge in [-0.3, -0.25) is 0 Å². The molecule has 1 aromatic carbocycles. The zero-order valence-electron chi connectivity index (χ0n) is 8.76. The lowest BCUT2D eigenvalue weighted by atomic mass is 10.3. The molecule has 0 aliphatic heterocycles. The van der Waals surface area contributed by atoms with Crippen LogP contribution in [0.25, 0.3) is 0 Å². The lowest BCUT2D eigenvalue weighted by Crippen LogP contribution is -2.14. The fourth-order valence-electron chi connectivity index (χ4n) is 1.05. The van der Waals surface area contributed by atoms with Crippen LogP contribution in [0.1, 0.15) is 0 Å². The third-order valence-corrected chi connectivity index (χ3v) is 3.74. The second kappa shape index (κ2) is 5.85. The normalized spacial score (nSPS) is 11.0. The van der Waals surface area contributed by atoms with E-state index < -0.39 is 0 Å². The molecule has 0 aromatic heterocycles. The average Bonchev–Trinajstić information content (AvgIpc) is 2.08. The van der Waals surface area contributed by atoms with Crippen LogP contribution in [-0.4, -0.2) is 31.3 Å². The third-order valence-electron chi connectivity index (χ3n) is 1.81. The van der Waals surface area contributed by atoms with E-state index in [9.17, 15) is 0 Å². The highest BCUT2D eigenvalue weighted by Gasteiger charge is 2.07. The van der Waals surface area contributed by atoms with Crippen molar-refractivity contribution in [2.75, 3.05) is 32.1 Å². The first-order valence-corrected chi connectivity index (χ1v) is 6.27. The Morgan fingerprint density at radius 3 is 2.27 bits per heavy atom. The van der Waals surface area contributed by atoms with E-state index in [-0.39, 0.29) is 0 Å². The number of halogens is 2. The van der Waals surface area contributed by atoms with Gasteiger partial charge in [0, 0.05) is 22.9 Å². The average molecular weight is 265 g/mol. The predicted molar refractivity (Wildman–Crippen MR) is 70.2 cm³/mol. The molecule has 0 spiro atoms. The molecular weight excluding hydrogens is 251 g/mol. The maximum atomic E-state index is 6.05. The Labute approximate surface area is 105 Å². The minimum Gasteiger partial charge on any atom is -0.399 e. The Kier molecular flexibility index (Phi) is 5.06. The van der Waals surface area contributed by atoms with Gasteiger partial charge in [0.2, 0.25) is 0 Å². The molecule has 0 saturated carbocycles. The Balaban J connectivity index is 2.68. The summed E-state index contributed by atoms with van der Waals surface area (Å²) < 4.78 is 0. The lowest BCUT2D eigenvalue weighted by molar-refractivity contribution is 0.437. The summed E-state index contributed by atoms with van der Waals surface area (Å²) in [6.07, 6.45) is 0. The van der Waals surface area contributed by atoms with Gasteiger partial charge in [0.15, 0.2) is 0 Å². The van der Waals surface area contributed by atoms with Gasteiger partial charge in [0.1, 0.15) is 0 Å². The highest BCUT2D eigenvalue weighted by atomic mass is 35.5. The van der Waals surface area contributed by atoms with Gasteiger partial charge in [-0.25, -0.2) is 0 Å². The maximum absolute atomic E-state index is 6.05. The van der Waals surface area contributed by atoms with Crippen molar-refractivity contribution in [1.82, 2.24) is 4.90 Å². The highest BCUT2D eigenvalue weighted by Crippen LogP contribution is 2.35. The number of benzene rings is 1. The van der Waals surface area contributed by atoms with Crippen molar-refractivity contribution in [3.05, 3.63) is 22.2 Å². The smallest absolute Gasteiger partial charge is 0.0577 e. The molecule has 0 saturated heterocycles. The lowest BCUT2D eigenvalue weighted by Gasteiger charge is -2.11. The second-order valence-electron chi connectivity index (χ2n) is 3.47. The summed E-state index contributed by atoms with van der Waals surface area (Å²) in [5, 5.41) is 1.26. The maximum Gasteiger partial charge on any atom is 0.0577 e. The van der Waals surface area contributed by atoms with Gasteiger partial charge in [-0.1, -0.05) is 23.2 Å². The van der Waals surface area contributed by atoms with Crippen molar-refractivity contribution in [2.24, 2.45) is 0 Å². The monoisotopic (exact) mass is 264 g/mol. The van der Waals surface area contributed by atoms with E-state index in [1.807, 2.05) is 14.1 Å². The van der Waals surface area contributed by atoms with Crippen LogP contribution in [0.15, 0.2) is 17.0 Å². The van der Waals surface area contributed by atoms with E-state index in [0.717, 1.165) is 17.2 Å². The molecule has 2 N–H and O–H groups in total. The third kappa shape index (κ3) is 4.11. The minimum absolute atomic E-state index is 0.599. The SMILES string of the molecule is CN(C)CCSc1c(Cl)cc(N)cc1Cl. The van der Waals surface area contributed by atoms with Gasteiger partial charge in [-0.2, -0.15) is 0 Å². The van der Waals surface area contributed by atoms with Crippen LogP contribution >= 0.6 is 35.0 Å². The van der Waals surface area contributed by atoms with Crippen LogP contribution in [0.5, 0.6) is 0 Å². The number of nitrogens with two attached hydrogens (primary N) is 1. The van der Waals surface area contributed by atoms with E-state index in [4.69, 9.17) is 28.9 Å². The highest BCUT2D eigenvalue weighted by molar-refractivity contribution is 7.99. The molecule has 0 fully saturated rings. The quantitative estimate of drug-likeness (QED) is 0.669. The Bertz CT molecular complexity index is 319. The number of thioether (sulfide) groups is 1. The van der Waals surface area contributed by atoms with Crippen LogP contribution in [0.2, 0.25) is 10.0 Å². The molecule has 0 unspecified atom stereocenters. The summed E-state index contributed by atoms with van der Waals surface area (Å²) >= 11 is 13.8. The van der Waals surface area contributed by atoms with E-state index in [2.05, 4.69) is 4.90 Å². The number of hydrogen-bond acceptors (Lipinski definition) is 3. The summed E-state index contributed by atoms with van der Waals surface area (Å²) in [4.78, 5) is 3.03. The summed E-state index contributed by atoms with van der Waals surface area (Å²) in [5.41, 5.74) is 6.22. The zero-order chi connectivity index (χ0) is 11.4. The van der Waals surface area contributed by atoms with Crippen LogP contribution in [0.3, 0.4) is 0 Å². The Morgan fingerprint density at radius 2 is 1.80 bits per heavy atom. The molecule has 0 aliphatic rings. The summed E-state index contributed by atoms with van der Waals surface area (Å²) in [7, 11) is 4.07. The fraction of sp³-hybridized carbons (Fsp3) is 0.400. The first-order chi connectivity index (χ1) is 7.00. The molecule has 5 heteroatoms. The molecule has 1 aromatic rings. The van der Waals surface area contributed by atoms with Crippen molar-refractivity contribution in [3.63, 3.8) is 0 Å². The van der Waals surface area contributed by atoms with E-state index >= 15 is 0 Å². The number of nitrogen functional groups attached to an aromatic ring is 1. The molecule has 0 aliphatic carbocycles. The molecule has 1 rings (SSSR count). The number of nitrogens with zero attached hydrogens (tertiary/aromatic N) is 1. The molecular formula is C10H14Cl2N2S. The molecule has 0 atom stereocenters. The molecule has 0 radical (unpaired) electrons. The molecule has 84 valence electrons. The molecule has 0 heterocycles. The Morgan fingerprint density at radius 1 is 1.27 bits per heavy atom. The second-order valence-corrected chi connectivity index (χ2v) is 5.38. The van der Waals surface area contributed by atoms with Gasteiger partial charge in [0.05, 0.1) is 10.0 Å². The van der Waals surface area contributed by atoms with Crippen LogP contribution in [0.4, 0.5) is 5.69 Å². The van der Waals surface area contributed by atoms with Crippen molar-refractivity contribution < 1.29 is 0 Å². The Hall–Kier alpha value is -0.0900. The van der Waals surface area contributed by atoms with Crippen molar-refractivity contribution in [3.8, 4) is 0 Å². The number of hydrogen-bond donors (Lipinski definition) is 1. The van der Waals surface area contributed by atoms with E-state index in [1.165, 1.54) is 0 Å². The zero-order valence-corrected chi connectivity index (χ0v) is 11.1. The van der Waals surface area contributed by atoms with Gasteiger partial charge < -0.3 is 10.6 Å². The van der Waals surface area contributed by atoms with Crippen LogP contribution < -0.4 is 5.73 Å². The van der Waals surface area contributed by atoms with Gasteiger partial charge >= 0.3 is 0 Å². The van der Waals surface area contributed by atoms with Gasteiger partial charge in [-0.05, 0) is 26.2 Å². The number of rotatable bonds is 4. The standard InChI is InChI=1S/C10H14Cl2N2S/c1-14(2)3-4-15-10-8(11)5-7(13)6-9(10)12/h5-6H,3-4,13H2,1-2H3. The molecule has 0 bridgehead atoms. The number of anilines is 1. The van der Waals surface area contributed by atoms with E-state index in [0.29, 0.717) is 15.7 Å². The summed E-state index contributed by atoms with van der Waals surface area (Å²) in [6, 6.07) is 3.46. The fourth-order valence-corrected chi connectivity index (χ4v) is 2.93. The molecule has 2 nitrogen and oxygen atoms in total. The van der Waals surface area contributed by atoms with Crippen LogP contribution in [-0.2, 0) is 0 Å². The predicted octanol–water partition coefficient (Wildman–Crippen LogP) is 3.23. The summed E-state index contributed by atoms with van der Waals surface area (Å²) in [5.74, 6) is 0.955. The largest absolute Gasteiger partial charge is 0.399 e. The molecule has 15 heavy (non-hydrogen) atoms. The minimum atomic E-state index is 0.599. The van der Waals surface area contributed by atoms with E-state index in [1.54, 1.807) is 23.9 Å². The van der Waals surface area contributed by atoms with Crippen molar-refractivity contribution >= 4 is 40.7 Å².